The predicted octanol–water partition coefficient (Wildman–Crippen LogP) is 2.84. The molecule has 0 fully saturated rings. The van der Waals surface area contributed by atoms with E-state index in [1.807, 2.05) is 0 Å². The Labute approximate surface area is 141 Å². The van der Waals surface area contributed by atoms with Gasteiger partial charge in [-0.2, -0.15) is 0 Å². The van der Waals surface area contributed by atoms with E-state index >= 15 is 0 Å². The molecule has 0 aromatic heterocycles. The molecule has 2 rings (SSSR count). The van der Waals surface area contributed by atoms with Gasteiger partial charge in [0, 0.05) is 4.47 Å². The quantitative estimate of drug-likeness (QED) is 0.617. The minimum absolute atomic E-state index is 0.202. The molecule has 0 heterocycles. The number of hydrogen-bond donors (Lipinski definition) is 2. The molecule has 2 N–H and O–H groups in total. The van der Waals surface area contributed by atoms with Crippen molar-refractivity contribution >= 4 is 39.5 Å². The van der Waals surface area contributed by atoms with Gasteiger partial charge in [0.2, 0.25) is 5.91 Å². The van der Waals surface area contributed by atoms with Crippen LogP contribution in [0.15, 0.2) is 34.8 Å². The molecular formula is C16H16BrNO5. The predicted molar refractivity (Wildman–Crippen MR) is 87.1 cm³/mol. The maximum atomic E-state index is 12.5. The number of carboxylic acid groups (broad SMARTS) is 1. The second-order valence-corrected chi connectivity index (χ2v) is 6.08. The third-order valence-corrected chi connectivity index (χ3v) is 4.22. The Balaban J connectivity index is 2.24. The lowest BCUT2D eigenvalue weighted by Crippen LogP contribution is -2.35. The van der Waals surface area contributed by atoms with Gasteiger partial charge in [-0.15, -0.1) is 0 Å². The van der Waals surface area contributed by atoms with Crippen LogP contribution in [-0.2, 0) is 14.3 Å². The van der Waals surface area contributed by atoms with Crippen LogP contribution < -0.4 is 5.32 Å². The Morgan fingerprint density at radius 1 is 1.22 bits per heavy atom. The van der Waals surface area contributed by atoms with E-state index in [9.17, 15) is 19.5 Å². The van der Waals surface area contributed by atoms with Crippen LogP contribution in [0.2, 0.25) is 0 Å². The monoisotopic (exact) mass is 381 g/mol. The third-order valence-electron chi connectivity index (χ3n) is 3.73. The zero-order valence-electron chi connectivity index (χ0n) is 12.4. The van der Waals surface area contributed by atoms with Crippen molar-refractivity contribution in [2.24, 2.45) is 11.8 Å². The van der Waals surface area contributed by atoms with Crippen molar-refractivity contribution in [3.63, 3.8) is 0 Å². The Bertz CT molecular complexity index is 670. The SMILES string of the molecule is COC(=O)c1cc(Br)ccc1NC(=O)[C@H]1CC=CC[C@H]1C(=O)O. The molecule has 0 bridgehead atoms. The van der Waals surface area contributed by atoms with E-state index in [0.29, 0.717) is 23.0 Å². The van der Waals surface area contributed by atoms with Gasteiger partial charge in [0.1, 0.15) is 0 Å². The Morgan fingerprint density at radius 3 is 2.48 bits per heavy atom. The van der Waals surface area contributed by atoms with Crippen molar-refractivity contribution < 1.29 is 24.2 Å². The van der Waals surface area contributed by atoms with Gasteiger partial charge in [-0.3, -0.25) is 9.59 Å². The van der Waals surface area contributed by atoms with Crippen molar-refractivity contribution in [3.05, 3.63) is 40.4 Å². The van der Waals surface area contributed by atoms with E-state index in [0.717, 1.165) is 0 Å². The van der Waals surface area contributed by atoms with Crippen molar-refractivity contribution in [2.45, 2.75) is 12.8 Å². The first-order chi connectivity index (χ1) is 10.9. The van der Waals surface area contributed by atoms with E-state index in [1.165, 1.54) is 13.2 Å². The number of anilines is 1. The number of amides is 1. The van der Waals surface area contributed by atoms with Gasteiger partial charge in [0.25, 0.3) is 0 Å². The topological polar surface area (TPSA) is 92.7 Å². The number of aliphatic carboxylic acids is 1. The number of carboxylic acids is 1. The minimum atomic E-state index is -1.00. The maximum Gasteiger partial charge on any atom is 0.340 e. The number of esters is 1. The highest BCUT2D eigenvalue weighted by molar-refractivity contribution is 9.10. The molecule has 0 saturated heterocycles. The molecule has 0 saturated carbocycles. The van der Waals surface area contributed by atoms with Crippen LogP contribution in [0.25, 0.3) is 0 Å². The number of benzene rings is 1. The van der Waals surface area contributed by atoms with Crippen molar-refractivity contribution in [3.8, 4) is 0 Å². The van der Waals surface area contributed by atoms with Crippen molar-refractivity contribution in [1.82, 2.24) is 0 Å². The standard InChI is InChI=1S/C16H16BrNO5/c1-23-16(22)12-8-9(17)6-7-13(12)18-14(19)10-4-2-3-5-11(10)15(20)21/h2-3,6-8,10-11H,4-5H2,1H3,(H,18,19)(H,20,21)/t10-,11+/m0/s1. The molecule has 1 aromatic rings. The first kappa shape index (κ1) is 17.2. The number of carbonyl (C=O) groups is 3. The van der Waals surface area contributed by atoms with Crippen molar-refractivity contribution in [1.29, 1.82) is 0 Å². The van der Waals surface area contributed by atoms with E-state index in [1.54, 1.807) is 24.3 Å². The summed E-state index contributed by atoms with van der Waals surface area (Å²) in [6, 6.07) is 4.79. The van der Waals surface area contributed by atoms with Gasteiger partial charge in [-0.25, -0.2) is 4.79 Å². The lowest BCUT2D eigenvalue weighted by molar-refractivity contribution is -0.146. The molecular weight excluding hydrogens is 366 g/mol. The molecule has 0 aliphatic heterocycles. The third kappa shape index (κ3) is 3.98. The number of nitrogens with one attached hydrogen (secondary N) is 1. The summed E-state index contributed by atoms with van der Waals surface area (Å²) in [7, 11) is 1.25. The zero-order valence-corrected chi connectivity index (χ0v) is 14.0. The molecule has 7 heteroatoms. The van der Waals surface area contributed by atoms with Crippen LogP contribution in [0.3, 0.4) is 0 Å². The normalized spacial score (nSPS) is 19.9. The number of methoxy groups -OCH3 is 1. The molecule has 6 nitrogen and oxygen atoms in total. The molecule has 0 radical (unpaired) electrons. The zero-order chi connectivity index (χ0) is 17.0. The molecule has 1 aliphatic rings. The van der Waals surface area contributed by atoms with Crippen LogP contribution in [0.1, 0.15) is 23.2 Å². The van der Waals surface area contributed by atoms with Crippen LogP contribution >= 0.6 is 15.9 Å². The van der Waals surface area contributed by atoms with E-state index in [4.69, 9.17) is 4.74 Å². The number of allylic oxidation sites excluding steroid dienone is 2. The Morgan fingerprint density at radius 2 is 1.87 bits per heavy atom. The number of rotatable bonds is 4. The highest BCUT2D eigenvalue weighted by atomic mass is 79.9. The fraction of sp³-hybridized carbons (Fsp3) is 0.312. The van der Waals surface area contributed by atoms with Crippen LogP contribution in [0.5, 0.6) is 0 Å². The average molecular weight is 382 g/mol. The van der Waals surface area contributed by atoms with Gasteiger partial charge in [0.05, 0.1) is 30.2 Å². The summed E-state index contributed by atoms with van der Waals surface area (Å²) in [6.07, 6.45) is 4.24. The van der Waals surface area contributed by atoms with Crippen LogP contribution in [-0.4, -0.2) is 30.1 Å². The fourth-order valence-corrected chi connectivity index (χ4v) is 2.87. The van der Waals surface area contributed by atoms with Gasteiger partial charge in [-0.1, -0.05) is 28.1 Å². The van der Waals surface area contributed by atoms with Crippen molar-refractivity contribution in [2.75, 3.05) is 12.4 Å². The number of hydrogen-bond acceptors (Lipinski definition) is 4. The summed E-state index contributed by atoms with van der Waals surface area (Å²) in [5, 5.41) is 11.9. The van der Waals surface area contributed by atoms with Gasteiger partial charge < -0.3 is 15.2 Å². The smallest absolute Gasteiger partial charge is 0.340 e. The summed E-state index contributed by atoms with van der Waals surface area (Å²) in [6.45, 7) is 0. The van der Waals surface area contributed by atoms with Gasteiger partial charge in [-0.05, 0) is 31.0 Å². The van der Waals surface area contributed by atoms with E-state index in [-0.39, 0.29) is 5.56 Å². The minimum Gasteiger partial charge on any atom is -0.481 e. The average Bonchev–Trinajstić information content (AvgIpc) is 2.55. The summed E-state index contributed by atoms with van der Waals surface area (Å²) in [5.74, 6) is -3.45. The maximum absolute atomic E-state index is 12.5. The molecule has 23 heavy (non-hydrogen) atoms. The molecule has 1 aliphatic carbocycles. The lowest BCUT2D eigenvalue weighted by atomic mass is 9.82. The summed E-state index contributed by atoms with van der Waals surface area (Å²) < 4.78 is 5.37. The molecule has 1 amide bonds. The highest BCUT2D eigenvalue weighted by Crippen LogP contribution is 2.28. The van der Waals surface area contributed by atoms with E-state index in [2.05, 4.69) is 21.2 Å². The Kier molecular flexibility index (Phi) is 5.54. The summed E-state index contributed by atoms with van der Waals surface area (Å²) >= 11 is 3.26. The second-order valence-electron chi connectivity index (χ2n) is 5.16. The first-order valence-electron chi connectivity index (χ1n) is 7.00. The van der Waals surface area contributed by atoms with Gasteiger partial charge in [0.15, 0.2) is 0 Å². The van der Waals surface area contributed by atoms with Gasteiger partial charge >= 0.3 is 11.9 Å². The summed E-state index contributed by atoms with van der Waals surface area (Å²) in [5.41, 5.74) is 0.497. The largest absolute Gasteiger partial charge is 0.481 e. The molecule has 122 valence electrons. The first-order valence-corrected chi connectivity index (χ1v) is 7.80. The highest BCUT2D eigenvalue weighted by Gasteiger charge is 2.34. The van der Waals surface area contributed by atoms with Crippen LogP contribution in [0, 0.1) is 11.8 Å². The second kappa shape index (κ2) is 7.41. The molecule has 2 atom stereocenters. The lowest BCUT2D eigenvalue weighted by Gasteiger charge is -2.24. The number of ether oxygens (including phenoxy) is 1. The van der Waals surface area contributed by atoms with Crippen LogP contribution in [0.4, 0.5) is 5.69 Å². The number of carbonyl (C=O) groups excluding carboxylic acids is 2. The summed E-state index contributed by atoms with van der Waals surface area (Å²) in [4.78, 5) is 35.6. The molecule has 0 spiro atoms. The Hall–Kier alpha value is -2.15. The van der Waals surface area contributed by atoms with E-state index < -0.39 is 29.7 Å². The number of halogens is 1. The molecule has 1 aromatic carbocycles. The molecule has 0 unspecified atom stereocenters. The fourth-order valence-electron chi connectivity index (χ4n) is 2.51.